The summed E-state index contributed by atoms with van der Waals surface area (Å²) in [6.45, 7) is 5.61. The molecule has 0 bridgehead atoms. The number of sulfonamides is 1. The largest absolute Gasteiger partial charge is 0.241 e. The number of benzene rings is 2. The van der Waals surface area contributed by atoms with Crippen molar-refractivity contribution >= 4 is 10.0 Å². The van der Waals surface area contributed by atoms with E-state index < -0.39 is 10.0 Å². The zero-order valence-electron chi connectivity index (χ0n) is 11.9. The molecule has 0 spiro atoms. The molecule has 2 aromatic carbocycles. The highest BCUT2D eigenvalue weighted by molar-refractivity contribution is 7.89. The van der Waals surface area contributed by atoms with Crippen molar-refractivity contribution in [3.63, 3.8) is 0 Å². The molecule has 1 atom stereocenters. The molecule has 0 aromatic heterocycles. The van der Waals surface area contributed by atoms with Gasteiger partial charge >= 0.3 is 0 Å². The van der Waals surface area contributed by atoms with Crippen LogP contribution in [0.1, 0.15) is 29.7 Å². The van der Waals surface area contributed by atoms with Crippen LogP contribution < -0.4 is 4.72 Å². The minimum absolute atomic E-state index is 0.262. The fourth-order valence-corrected chi connectivity index (χ4v) is 3.67. The maximum Gasteiger partial charge on any atom is 0.241 e. The van der Waals surface area contributed by atoms with Gasteiger partial charge in [-0.1, -0.05) is 48.0 Å². The summed E-state index contributed by atoms with van der Waals surface area (Å²) in [7, 11) is -3.51. The molecule has 0 aliphatic heterocycles. The molecular formula is C16H19NO2S. The van der Waals surface area contributed by atoms with Crippen LogP contribution in [-0.4, -0.2) is 8.42 Å². The predicted octanol–water partition coefficient (Wildman–Crippen LogP) is 3.34. The molecule has 106 valence electrons. The molecule has 4 heteroatoms. The number of nitrogens with one attached hydrogen (secondary N) is 1. The maximum atomic E-state index is 12.4. The van der Waals surface area contributed by atoms with E-state index in [0.29, 0.717) is 4.90 Å². The first kappa shape index (κ1) is 14.8. The molecule has 3 nitrogen and oxygen atoms in total. The van der Waals surface area contributed by atoms with Gasteiger partial charge in [0, 0.05) is 6.04 Å². The molecule has 2 rings (SSSR count). The summed E-state index contributed by atoms with van der Waals surface area (Å²) in [5.74, 6) is 0. The number of aryl methyl sites for hydroxylation is 2. The van der Waals surface area contributed by atoms with E-state index in [1.54, 1.807) is 6.07 Å². The highest BCUT2D eigenvalue weighted by Crippen LogP contribution is 2.20. The Bertz CT molecular complexity index is 694. The average molecular weight is 289 g/mol. The van der Waals surface area contributed by atoms with Gasteiger partial charge in [0.25, 0.3) is 0 Å². The second-order valence-electron chi connectivity index (χ2n) is 5.02. The lowest BCUT2D eigenvalue weighted by Crippen LogP contribution is -2.27. The third-order valence-electron chi connectivity index (χ3n) is 3.25. The lowest BCUT2D eigenvalue weighted by Gasteiger charge is -2.16. The smallest absolute Gasteiger partial charge is 0.207 e. The van der Waals surface area contributed by atoms with Crippen molar-refractivity contribution < 1.29 is 8.42 Å². The van der Waals surface area contributed by atoms with Gasteiger partial charge in [-0.3, -0.25) is 0 Å². The molecule has 0 saturated carbocycles. The van der Waals surface area contributed by atoms with Gasteiger partial charge in [-0.15, -0.1) is 0 Å². The van der Waals surface area contributed by atoms with Crippen molar-refractivity contribution in [2.24, 2.45) is 0 Å². The Morgan fingerprint density at radius 2 is 1.65 bits per heavy atom. The van der Waals surface area contributed by atoms with Crippen LogP contribution in [0.5, 0.6) is 0 Å². The maximum absolute atomic E-state index is 12.4. The monoisotopic (exact) mass is 289 g/mol. The highest BCUT2D eigenvalue weighted by Gasteiger charge is 2.20. The Balaban J connectivity index is 2.28. The van der Waals surface area contributed by atoms with E-state index in [9.17, 15) is 8.42 Å². The molecule has 0 amide bonds. The van der Waals surface area contributed by atoms with E-state index in [-0.39, 0.29) is 6.04 Å². The molecule has 0 saturated heterocycles. The van der Waals surface area contributed by atoms with Gasteiger partial charge < -0.3 is 0 Å². The van der Waals surface area contributed by atoms with Gasteiger partial charge in [0.05, 0.1) is 4.90 Å². The second kappa shape index (κ2) is 5.77. The summed E-state index contributed by atoms with van der Waals surface area (Å²) in [6, 6.07) is 14.6. The van der Waals surface area contributed by atoms with E-state index >= 15 is 0 Å². The first-order valence-electron chi connectivity index (χ1n) is 6.54. The van der Waals surface area contributed by atoms with Crippen LogP contribution in [0.15, 0.2) is 53.4 Å². The van der Waals surface area contributed by atoms with Crippen LogP contribution in [0.25, 0.3) is 0 Å². The van der Waals surface area contributed by atoms with Crippen LogP contribution in [0.3, 0.4) is 0 Å². The topological polar surface area (TPSA) is 46.2 Å². The summed E-state index contributed by atoms with van der Waals surface area (Å²) >= 11 is 0. The third-order valence-corrected chi connectivity index (χ3v) is 4.95. The molecule has 20 heavy (non-hydrogen) atoms. The summed E-state index contributed by atoms with van der Waals surface area (Å²) in [4.78, 5) is 0.339. The average Bonchev–Trinajstić information content (AvgIpc) is 2.38. The van der Waals surface area contributed by atoms with E-state index in [1.807, 2.05) is 63.2 Å². The van der Waals surface area contributed by atoms with Gasteiger partial charge in [0.1, 0.15) is 0 Å². The Labute approximate surface area is 120 Å². The van der Waals surface area contributed by atoms with Crippen LogP contribution in [0.2, 0.25) is 0 Å². The fraction of sp³-hybridized carbons (Fsp3) is 0.250. The third kappa shape index (κ3) is 3.26. The second-order valence-corrected chi connectivity index (χ2v) is 6.71. The summed E-state index contributed by atoms with van der Waals surface area (Å²) in [5.41, 5.74) is 2.76. The van der Waals surface area contributed by atoms with Crippen LogP contribution in [0.4, 0.5) is 0 Å². The van der Waals surface area contributed by atoms with Gasteiger partial charge in [0.2, 0.25) is 10.0 Å². The molecule has 0 aliphatic carbocycles. The SMILES string of the molecule is Cc1ccc(S(=O)(=O)N[C@H](C)c2ccccc2)c(C)c1. The molecule has 0 unspecified atom stereocenters. The summed E-state index contributed by atoms with van der Waals surface area (Å²) in [5, 5.41) is 0. The van der Waals surface area contributed by atoms with Crippen molar-refractivity contribution in [2.45, 2.75) is 31.7 Å². The standard InChI is InChI=1S/C16H19NO2S/c1-12-9-10-16(13(2)11-12)20(18,19)17-14(3)15-7-5-4-6-8-15/h4-11,14,17H,1-3H3/t14-/m1/s1. The zero-order chi connectivity index (χ0) is 14.8. The minimum Gasteiger partial charge on any atom is -0.207 e. The molecule has 1 N–H and O–H groups in total. The highest BCUT2D eigenvalue weighted by atomic mass is 32.2. The lowest BCUT2D eigenvalue weighted by molar-refractivity contribution is 0.566. The molecule has 0 fully saturated rings. The molecule has 0 radical (unpaired) electrons. The Hall–Kier alpha value is -1.65. The van der Waals surface area contributed by atoms with Crippen molar-refractivity contribution in [1.82, 2.24) is 4.72 Å². The molecular weight excluding hydrogens is 270 g/mol. The van der Waals surface area contributed by atoms with E-state index in [0.717, 1.165) is 16.7 Å². The van der Waals surface area contributed by atoms with Gasteiger partial charge in [-0.2, -0.15) is 0 Å². The Kier molecular flexibility index (Phi) is 4.26. The van der Waals surface area contributed by atoms with Gasteiger partial charge in [0.15, 0.2) is 0 Å². The lowest BCUT2D eigenvalue weighted by atomic mass is 10.1. The predicted molar refractivity (Wildman–Crippen MR) is 81.1 cm³/mol. The Morgan fingerprint density at radius 1 is 1.00 bits per heavy atom. The van der Waals surface area contributed by atoms with E-state index in [4.69, 9.17) is 0 Å². The minimum atomic E-state index is -3.51. The van der Waals surface area contributed by atoms with Crippen LogP contribution >= 0.6 is 0 Å². The van der Waals surface area contributed by atoms with Crippen LogP contribution in [0, 0.1) is 13.8 Å². The first-order valence-corrected chi connectivity index (χ1v) is 8.03. The quantitative estimate of drug-likeness (QED) is 0.938. The Morgan fingerprint density at radius 3 is 2.25 bits per heavy atom. The van der Waals surface area contributed by atoms with Crippen molar-refractivity contribution in [2.75, 3.05) is 0 Å². The number of rotatable bonds is 4. The zero-order valence-corrected chi connectivity index (χ0v) is 12.7. The fourth-order valence-electron chi connectivity index (χ4n) is 2.21. The van der Waals surface area contributed by atoms with Crippen molar-refractivity contribution in [1.29, 1.82) is 0 Å². The van der Waals surface area contributed by atoms with Crippen molar-refractivity contribution in [3.05, 3.63) is 65.2 Å². The van der Waals surface area contributed by atoms with E-state index in [2.05, 4.69) is 4.72 Å². The number of hydrogen-bond donors (Lipinski definition) is 1. The summed E-state index contributed by atoms with van der Waals surface area (Å²) in [6.07, 6.45) is 0. The normalized spacial score (nSPS) is 13.2. The molecule has 0 heterocycles. The van der Waals surface area contributed by atoms with Crippen LogP contribution in [-0.2, 0) is 10.0 Å². The summed E-state index contributed by atoms with van der Waals surface area (Å²) < 4.78 is 27.6. The molecule has 2 aromatic rings. The first-order chi connectivity index (χ1) is 9.40. The van der Waals surface area contributed by atoms with Crippen molar-refractivity contribution in [3.8, 4) is 0 Å². The van der Waals surface area contributed by atoms with E-state index in [1.165, 1.54) is 0 Å². The number of hydrogen-bond acceptors (Lipinski definition) is 2. The van der Waals surface area contributed by atoms with Gasteiger partial charge in [-0.05, 0) is 38.0 Å². The van der Waals surface area contributed by atoms with Gasteiger partial charge in [-0.25, -0.2) is 13.1 Å². The molecule has 0 aliphatic rings.